The number of amides is 1. The van der Waals surface area contributed by atoms with Crippen molar-refractivity contribution in [3.8, 4) is 0 Å². The Hall–Kier alpha value is -1.39. The van der Waals surface area contributed by atoms with E-state index in [0.29, 0.717) is 36.5 Å². The third-order valence-corrected chi connectivity index (χ3v) is 9.28. The van der Waals surface area contributed by atoms with Crippen LogP contribution in [0.5, 0.6) is 0 Å². The average molecular weight is 486 g/mol. The number of aliphatic hydroxyl groups excluding tert-OH is 1. The Balaban J connectivity index is 1.70. The lowest BCUT2D eigenvalue weighted by molar-refractivity contribution is -0.121. The molecule has 3 N–H and O–H groups in total. The zero-order valence-electron chi connectivity index (χ0n) is 23.0. The molecule has 198 valence electrons. The van der Waals surface area contributed by atoms with Gasteiger partial charge in [-0.15, -0.1) is 0 Å². The van der Waals surface area contributed by atoms with Crippen molar-refractivity contribution >= 4 is 5.91 Å². The number of carbonyl (C=O) groups is 1. The zero-order chi connectivity index (χ0) is 25.8. The van der Waals surface area contributed by atoms with Crippen LogP contribution < -0.4 is 5.32 Å². The summed E-state index contributed by atoms with van der Waals surface area (Å²) < 4.78 is 0. The monoisotopic (exact) mass is 485 g/mol. The van der Waals surface area contributed by atoms with Crippen molar-refractivity contribution in [3.05, 3.63) is 35.5 Å². The van der Waals surface area contributed by atoms with Crippen LogP contribution in [0.1, 0.15) is 112 Å². The fraction of sp³-hybridized carbons (Fsp3) is 0.774. The summed E-state index contributed by atoms with van der Waals surface area (Å²) in [5.41, 5.74) is 3.40. The fourth-order valence-electron chi connectivity index (χ4n) is 7.40. The Morgan fingerprint density at radius 2 is 2.06 bits per heavy atom. The van der Waals surface area contributed by atoms with Crippen LogP contribution in [0.4, 0.5) is 0 Å². The zero-order valence-corrected chi connectivity index (χ0v) is 23.0. The normalized spacial score (nSPS) is 34.8. The lowest BCUT2D eigenvalue weighted by atomic mass is 9.60. The van der Waals surface area contributed by atoms with Gasteiger partial charge in [0.2, 0.25) is 5.91 Å². The van der Waals surface area contributed by atoms with Crippen molar-refractivity contribution in [2.45, 2.75) is 129 Å². The van der Waals surface area contributed by atoms with Gasteiger partial charge in [0.15, 0.2) is 0 Å². The summed E-state index contributed by atoms with van der Waals surface area (Å²) in [6.45, 7) is 15.1. The third kappa shape index (κ3) is 7.10. The second kappa shape index (κ2) is 11.8. The Kier molecular flexibility index (Phi) is 9.48. The van der Waals surface area contributed by atoms with E-state index in [1.807, 2.05) is 20.8 Å². The van der Waals surface area contributed by atoms with E-state index in [1.54, 1.807) is 5.57 Å². The first-order valence-electron chi connectivity index (χ1n) is 14.2. The molecule has 1 amide bonds. The van der Waals surface area contributed by atoms with Gasteiger partial charge in [-0.2, -0.15) is 0 Å². The number of hydrogen-bond donors (Lipinski definition) is 3. The lowest BCUT2D eigenvalue weighted by Crippen LogP contribution is -2.41. The van der Waals surface area contributed by atoms with Gasteiger partial charge in [-0.05, 0) is 106 Å². The highest BCUT2D eigenvalue weighted by molar-refractivity contribution is 5.76. The molecule has 0 bridgehead atoms. The van der Waals surface area contributed by atoms with Crippen LogP contribution in [-0.4, -0.2) is 33.9 Å². The van der Waals surface area contributed by atoms with Crippen molar-refractivity contribution in [1.82, 2.24) is 5.32 Å². The molecular weight excluding hydrogens is 434 g/mol. The van der Waals surface area contributed by atoms with E-state index in [1.165, 1.54) is 32.1 Å². The minimum Gasteiger partial charge on any atom is -0.393 e. The van der Waals surface area contributed by atoms with Crippen molar-refractivity contribution in [2.24, 2.45) is 23.2 Å². The highest BCUT2D eigenvalue weighted by Gasteiger charge is 2.50. The fourth-order valence-corrected chi connectivity index (χ4v) is 7.40. The maximum absolute atomic E-state index is 12.2. The summed E-state index contributed by atoms with van der Waals surface area (Å²) in [4.78, 5) is 12.2. The van der Waals surface area contributed by atoms with E-state index in [9.17, 15) is 15.0 Å². The molecule has 3 aliphatic carbocycles. The van der Waals surface area contributed by atoms with Crippen LogP contribution in [-0.2, 0) is 4.79 Å². The van der Waals surface area contributed by atoms with E-state index in [-0.39, 0.29) is 11.9 Å². The molecule has 0 unspecified atom stereocenters. The van der Waals surface area contributed by atoms with Gasteiger partial charge in [0.05, 0.1) is 17.7 Å². The van der Waals surface area contributed by atoms with Crippen LogP contribution in [0.3, 0.4) is 0 Å². The molecule has 0 saturated heterocycles. The summed E-state index contributed by atoms with van der Waals surface area (Å²) >= 11 is 0. The van der Waals surface area contributed by atoms with Crippen molar-refractivity contribution in [1.29, 1.82) is 0 Å². The molecule has 0 aromatic carbocycles. The number of aliphatic hydroxyl groups is 2. The molecule has 0 radical (unpaired) electrons. The predicted octanol–water partition coefficient (Wildman–Crippen LogP) is 6.63. The van der Waals surface area contributed by atoms with Crippen LogP contribution in [0.2, 0.25) is 0 Å². The van der Waals surface area contributed by atoms with E-state index >= 15 is 0 Å². The SMILES string of the molecule is C=C1/C(=C\C=C2/CCC[C@]3(C)[C@@H]([C@H](C)CCCC(C)(C)O)CC[C@@H]23)C[C@@H](O)C[C@@H]1NC(=O)CCC. The second-order valence-electron chi connectivity index (χ2n) is 12.7. The predicted molar refractivity (Wildman–Crippen MR) is 145 cm³/mol. The number of allylic oxidation sites excluding steroid dienone is 3. The molecule has 3 rings (SSSR count). The molecule has 0 aromatic rings. The Morgan fingerprint density at radius 1 is 1.31 bits per heavy atom. The summed E-state index contributed by atoms with van der Waals surface area (Å²) in [6.07, 6.45) is 16.1. The van der Waals surface area contributed by atoms with Crippen LogP contribution >= 0.6 is 0 Å². The van der Waals surface area contributed by atoms with Gasteiger partial charge in [0.25, 0.3) is 0 Å². The Bertz CT molecular complexity index is 820. The van der Waals surface area contributed by atoms with Crippen LogP contribution in [0.15, 0.2) is 35.5 Å². The molecule has 3 aliphatic rings. The largest absolute Gasteiger partial charge is 0.393 e. The first-order chi connectivity index (χ1) is 16.4. The molecule has 6 atom stereocenters. The topological polar surface area (TPSA) is 69.6 Å². The molecule has 0 heterocycles. The number of rotatable bonds is 9. The molecule has 0 spiro atoms. The van der Waals surface area contributed by atoms with Gasteiger partial charge in [-0.1, -0.05) is 57.9 Å². The van der Waals surface area contributed by atoms with Gasteiger partial charge in [0, 0.05) is 6.42 Å². The highest BCUT2D eigenvalue weighted by atomic mass is 16.3. The van der Waals surface area contributed by atoms with Gasteiger partial charge in [0.1, 0.15) is 0 Å². The van der Waals surface area contributed by atoms with Crippen molar-refractivity contribution < 1.29 is 15.0 Å². The summed E-state index contributed by atoms with van der Waals surface area (Å²) in [6, 6.07) is -0.167. The third-order valence-electron chi connectivity index (χ3n) is 9.28. The van der Waals surface area contributed by atoms with Crippen LogP contribution in [0.25, 0.3) is 0 Å². The van der Waals surface area contributed by atoms with Gasteiger partial charge in [-0.3, -0.25) is 4.79 Å². The Labute approximate surface area is 214 Å². The number of carbonyl (C=O) groups excluding carboxylic acids is 1. The minimum absolute atomic E-state index is 0.0437. The van der Waals surface area contributed by atoms with Gasteiger partial charge >= 0.3 is 0 Å². The minimum atomic E-state index is -0.565. The molecule has 4 heteroatoms. The molecule has 3 fully saturated rings. The summed E-state index contributed by atoms with van der Waals surface area (Å²) in [5.74, 6) is 2.11. The molecule has 35 heavy (non-hydrogen) atoms. The van der Waals surface area contributed by atoms with E-state index in [2.05, 4.69) is 37.9 Å². The first-order valence-corrected chi connectivity index (χ1v) is 14.2. The van der Waals surface area contributed by atoms with Gasteiger partial charge < -0.3 is 15.5 Å². The number of hydrogen-bond acceptors (Lipinski definition) is 3. The standard InChI is InChI=1S/C31H51NO3/c1-7-10-29(34)32-28-20-25(33)19-24(22(28)3)14-13-23-12-9-18-31(6)26(15-16-27(23)31)21(2)11-8-17-30(4,5)35/h13-14,21,25-28,33,35H,3,7-12,15-20H2,1-2,4-6H3,(H,32,34)/b23-13+,24-14-/t21-,25-,26-,27+,28+,31-/m1/s1. The Morgan fingerprint density at radius 3 is 2.74 bits per heavy atom. The summed E-state index contributed by atoms with van der Waals surface area (Å²) in [7, 11) is 0. The van der Waals surface area contributed by atoms with Crippen molar-refractivity contribution in [2.75, 3.05) is 0 Å². The maximum Gasteiger partial charge on any atom is 0.220 e. The van der Waals surface area contributed by atoms with Gasteiger partial charge in [-0.25, -0.2) is 0 Å². The summed E-state index contributed by atoms with van der Waals surface area (Å²) in [5, 5.41) is 23.7. The second-order valence-corrected chi connectivity index (χ2v) is 12.7. The van der Waals surface area contributed by atoms with E-state index in [0.717, 1.165) is 42.7 Å². The van der Waals surface area contributed by atoms with Crippen LogP contribution in [0, 0.1) is 23.2 Å². The number of fused-ring (bicyclic) bond motifs is 1. The number of nitrogens with one attached hydrogen (secondary N) is 1. The average Bonchev–Trinajstić information content (AvgIpc) is 3.11. The molecule has 4 nitrogen and oxygen atoms in total. The molecule has 3 saturated carbocycles. The quantitative estimate of drug-likeness (QED) is 0.343. The van der Waals surface area contributed by atoms with E-state index in [4.69, 9.17) is 0 Å². The maximum atomic E-state index is 12.2. The van der Waals surface area contributed by atoms with Crippen molar-refractivity contribution in [3.63, 3.8) is 0 Å². The smallest absolute Gasteiger partial charge is 0.220 e. The van der Waals surface area contributed by atoms with E-state index < -0.39 is 11.7 Å². The first kappa shape index (κ1) is 28.2. The highest BCUT2D eigenvalue weighted by Crippen LogP contribution is 2.60. The molecular formula is C31H51NO3. The molecule has 0 aliphatic heterocycles. The lowest BCUT2D eigenvalue weighted by Gasteiger charge is -2.44. The molecule has 0 aromatic heterocycles.